The van der Waals surface area contributed by atoms with Crippen molar-refractivity contribution < 1.29 is 42.2 Å². The third-order valence-corrected chi connectivity index (χ3v) is 8.45. The van der Waals surface area contributed by atoms with Gasteiger partial charge < -0.3 is 5.32 Å². The number of alkyl halides is 4. The number of halogens is 9. The molecule has 2 aromatic rings. The van der Waals surface area contributed by atoms with Gasteiger partial charge in [0.15, 0.2) is 7.85 Å². The van der Waals surface area contributed by atoms with Crippen molar-refractivity contribution in [2.45, 2.75) is 47.2 Å². The van der Waals surface area contributed by atoms with E-state index in [1.807, 2.05) is 0 Å². The highest BCUT2D eigenvalue weighted by atomic mass is 35.5. The van der Waals surface area contributed by atoms with Gasteiger partial charge in [-0.3, -0.25) is 14.5 Å². The molecule has 1 heterocycles. The van der Waals surface area contributed by atoms with Crippen molar-refractivity contribution in [2.24, 2.45) is 11.8 Å². The van der Waals surface area contributed by atoms with Gasteiger partial charge in [0.05, 0.1) is 0 Å². The maximum Gasteiger partial charge on any atom is 0.310 e. The minimum absolute atomic E-state index is 0.00350. The maximum atomic E-state index is 14.2. The molecule has 2 fully saturated rings. The summed E-state index contributed by atoms with van der Waals surface area (Å²) in [5.41, 5.74) is -5.82. The predicted octanol–water partition coefficient (Wildman–Crippen LogP) is 5.04. The lowest BCUT2D eigenvalue weighted by Gasteiger charge is -2.43. The van der Waals surface area contributed by atoms with Crippen LogP contribution in [-0.4, -0.2) is 47.2 Å². The topological polar surface area (TPSA) is 75.2 Å². The first-order chi connectivity index (χ1) is 17.2. The van der Waals surface area contributed by atoms with Crippen molar-refractivity contribution in [3.63, 3.8) is 0 Å². The van der Waals surface area contributed by atoms with E-state index in [-0.39, 0.29) is 30.5 Å². The maximum absolute atomic E-state index is 14.2. The van der Waals surface area contributed by atoms with Gasteiger partial charge in [-0.05, 0) is 43.0 Å². The Balaban J connectivity index is 1.79. The summed E-state index contributed by atoms with van der Waals surface area (Å²) in [6.45, 7) is 0. The summed E-state index contributed by atoms with van der Waals surface area (Å²) in [6, 6.07) is 0.198. The van der Waals surface area contributed by atoms with E-state index in [1.54, 1.807) is 0 Å². The Hall–Kier alpha value is -2.62. The van der Waals surface area contributed by atoms with Gasteiger partial charge in [-0.2, -0.15) is 0 Å². The SMILES string of the molecule is B[C@@](C(=O)N[C@@H]1CC2CC1CC2(F)F)(c1cncnc1)N(C(=O)[C@H](F)Cl)c1ccc(S(F)(F)(F)(F)F)cc1. The molecule has 17 heteroatoms. The molecule has 0 spiro atoms. The molecule has 1 aromatic carbocycles. The number of carbonyl (C=O) groups is 2. The fraction of sp³-hybridized carbons (Fsp3) is 0.429. The van der Waals surface area contributed by atoms with E-state index >= 15 is 0 Å². The van der Waals surface area contributed by atoms with Gasteiger partial charge in [-0.1, -0.05) is 31.0 Å². The third-order valence-electron chi connectivity index (χ3n) is 7.10. The summed E-state index contributed by atoms with van der Waals surface area (Å²) in [7, 11) is -9.00. The van der Waals surface area contributed by atoms with Gasteiger partial charge >= 0.3 is 10.2 Å². The number of hydrogen-bond acceptors (Lipinski definition) is 4. The summed E-state index contributed by atoms with van der Waals surface area (Å²) >= 11 is 5.37. The van der Waals surface area contributed by atoms with Crippen LogP contribution in [0, 0.1) is 11.8 Å². The lowest BCUT2D eigenvalue weighted by atomic mass is 9.69. The van der Waals surface area contributed by atoms with Gasteiger partial charge in [0.2, 0.25) is 5.91 Å². The Kier molecular flexibility index (Phi) is 6.31. The number of benzene rings is 1. The number of rotatable bonds is 7. The standard InChI is InChI=1S/C21H20BClF8N4O2S/c22-21(13-8-32-10-33-9-13,19(37)34-16-6-12-5-11(16)7-20(12,25)26)35(18(36)17(23)24)14-1-3-15(4-2-14)38(27,28,29,30)31/h1-4,8-12,16-17H,5-7,22H2,(H,34,37)/t11?,12?,16-,17+,21+/m1/s1. The average Bonchev–Trinajstić information content (AvgIpc) is 3.34. The van der Waals surface area contributed by atoms with E-state index in [0.717, 1.165) is 26.6 Å². The highest BCUT2D eigenvalue weighted by Crippen LogP contribution is 3.02. The molecule has 4 rings (SSSR count). The second-order valence-corrected chi connectivity index (χ2v) is 12.4. The summed E-state index contributed by atoms with van der Waals surface area (Å²) in [5.74, 6) is -7.07. The number of amides is 2. The van der Waals surface area contributed by atoms with Gasteiger partial charge in [-0.25, -0.2) is 23.1 Å². The summed E-state index contributed by atoms with van der Waals surface area (Å²) in [5, 5.41) is 2.60. The second kappa shape index (κ2) is 8.44. The fourth-order valence-electron chi connectivity index (χ4n) is 5.17. The Morgan fingerprint density at radius 1 is 1.11 bits per heavy atom. The number of anilines is 1. The van der Waals surface area contributed by atoms with Crippen LogP contribution >= 0.6 is 21.8 Å². The van der Waals surface area contributed by atoms with Crippen LogP contribution in [0.5, 0.6) is 0 Å². The molecule has 2 amide bonds. The molecule has 38 heavy (non-hydrogen) atoms. The molecular weight excluding hydrogens is 571 g/mol. The first-order valence-electron chi connectivity index (χ1n) is 11.1. The number of nitrogens with one attached hydrogen (secondary N) is 1. The lowest BCUT2D eigenvalue weighted by molar-refractivity contribution is -0.130. The molecule has 2 aliphatic carbocycles. The number of carbonyl (C=O) groups excluding carboxylic acids is 2. The Bertz CT molecular complexity index is 1260. The third kappa shape index (κ3) is 5.16. The molecule has 6 nitrogen and oxygen atoms in total. The first kappa shape index (κ1) is 28.4. The molecule has 0 saturated heterocycles. The van der Waals surface area contributed by atoms with E-state index in [4.69, 9.17) is 11.6 Å². The van der Waals surface area contributed by atoms with Crippen molar-refractivity contribution >= 4 is 47.2 Å². The van der Waals surface area contributed by atoms with Gasteiger partial charge in [-0.15, -0.1) is 0 Å². The minimum atomic E-state index is -10.1. The number of nitrogens with zero attached hydrogens (tertiary/aromatic N) is 3. The van der Waals surface area contributed by atoms with E-state index in [0.29, 0.717) is 17.0 Å². The van der Waals surface area contributed by atoms with Crippen LogP contribution in [0.1, 0.15) is 24.8 Å². The van der Waals surface area contributed by atoms with Crippen molar-refractivity contribution in [2.75, 3.05) is 4.90 Å². The number of hydrogen-bond donors (Lipinski definition) is 1. The molecule has 2 bridgehead atoms. The second-order valence-electron chi connectivity index (χ2n) is 9.61. The molecule has 1 N–H and O–H groups in total. The zero-order valence-electron chi connectivity index (χ0n) is 19.4. The van der Waals surface area contributed by atoms with Crippen LogP contribution in [0.4, 0.5) is 38.3 Å². The number of aromatic nitrogens is 2. The molecule has 1 aromatic heterocycles. The van der Waals surface area contributed by atoms with Crippen LogP contribution in [0.25, 0.3) is 0 Å². The van der Waals surface area contributed by atoms with Crippen molar-refractivity contribution in [1.29, 1.82) is 0 Å². The Morgan fingerprint density at radius 2 is 1.68 bits per heavy atom. The Morgan fingerprint density at radius 3 is 2.13 bits per heavy atom. The van der Waals surface area contributed by atoms with Gasteiger partial charge in [0.25, 0.3) is 17.5 Å². The van der Waals surface area contributed by atoms with E-state index in [1.165, 1.54) is 0 Å². The molecule has 5 atom stereocenters. The quantitative estimate of drug-likeness (QED) is 0.279. The van der Waals surface area contributed by atoms with Crippen molar-refractivity contribution in [3.05, 3.63) is 48.5 Å². The Labute approximate surface area is 217 Å². The first-order valence-corrected chi connectivity index (χ1v) is 13.5. The molecule has 208 valence electrons. The smallest absolute Gasteiger partial charge is 0.310 e. The highest BCUT2D eigenvalue weighted by molar-refractivity contribution is 8.45. The van der Waals surface area contributed by atoms with E-state index < -0.39 is 73.9 Å². The normalized spacial score (nSPS) is 26.5. The minimum Gasteiger partial charge on any atom is -0.351 e. The molecule has 2 saturated carbocycles. The largest absolute Gasteiger partial charge is 0.351 e. The molecule has 0 aliphatic heterocycles. The fourth-order valence-corrected chi connectivity index (χ4v) is 5.91. The zero-order valence-corrected chi connectivity index (χ0v) is 21.0. The lowest BCUT2D eigenvalue weighted by Crippen LogP contribution is -2.62. The van der Waals surface area contributed by atoms with Crippen LogP contribution < -0.4 is 10.2 Å². The summed E-state index contributed by atoms with van der Waals surface area (Å²) < 4.78 is 108. The molecule has 2 aliphatic rings. The van der Waals surface area contributed by atoms with Crippen molar-refractivity contribution in [3.8, 4) is 0 Å². The van der Waals surface area contributed by atoms with Crippen LogP contribution in [-0.2, 0) is 15.0 Å². The van der Waals surface area contributed by atoms with E-state index in [2.05, 4.69) is 15.3 Å². The van der Waals surface area contributed by atoms with E-state index in [9.17, 15) is 42.2 Å². The van der Waals surface area contributed by atoms with Crippen LogP contribution in [0.2, 0.25) is 0 Å². The summed E-state index contributed by atoms with van der Waals surface area (Å²) in [6.07, 6.45) is 2.82. The molecule has 0 radical (unpaired) electrons. The monoisotopic (exact) mass is 590 g/mol. The van der Waals surface area contributed by atoms with Crippen molar-refractivity contribution in [1.82, 2.24) is 15.3 Å². The van der Waals surface area contributed by atoms with Gasteiger partial charge in [0.1, 0.15) is 16.7 Å². The highest BCUT2D eigenvalue weighted by Gasteiger charge is 2.65. The summed E-state index contributed by atoms with van der Waals surface area (Å²) in [4.78, 5) is 32.4. The average molecular weight is 591 g/mol. The van der Waals surface area contributed by atoms with Crippen LogP contribution in [0.15, 0.2) is 47.9 Å². The van der Waals surface area contributed by atoms with Gasteiger partial charge in [0, 0.05) is 42.0 Å². The molecular formula is C21H20BClF8N4O2S. The predicted molar refractivity (Wildman–Crippen MR) is 126 cm³/mol. The molecule has 2 unspecified atom stereocenters. The van der Waals surface area contributed by atoms with Crippen LogP contribution in [0.3, 0.4) is 0 Å². The zero-order chi connectivity index (χ0) is 28.4. The number of fused-ring (bicyclic) bond motifs is 2.